The highest BCUT2D eigenvalue weighted by molar-refractivity contribution is 5.29. The van der Waals surface area contributed by atoms with Gasteiger partial charge >= 0.3 is 0 Å². The Morgan fingerprint density at radius 3 is 2.17 bits per heavy atom. The molecule has 0 aliphatic heterocycles. The van der Waals surface area contributed by atoms with Crippen LogP contribution in [0.3, 0.4) is 0 Å². The van der Waals surface area contributed by atoms with Crippen LogP contribution in [0.2, 0.25) is 0 Å². The van der Waals surface area contributed by atoms with Gasteiger partial charge in [-0.25, -0.2) is 4.39 Å². The van der Waals surface area contributed by atoms with Gasteiger partial charge in [-0.1, -0.05) is 38.1 Å². The summed E-state index contributed by atoms with van der Waals surface area (Å²) in [5.74, 6) is 0.675. The van der Waals surface area contributed by atoms with Crippen LogP contribution in [0.1, 0.15) is 31.0 Å². The fourth-order valence-corrected chi connectivity index (χ4v) is 2.90. The first kappa shape index (κ1) is 18.4. The smallest absolute Gasteiger partial charge is 0.123 e. The molecule has 0 saturated heterocycles. The van der Waals surface area contributed by atoms with Gasteiger partial charge in [0.2, 0.25) is 0 Å². The molecule has 2 aromatic carbocycles. The van der Waals surface area contributed by atoms with Crippen molar-refractivity contribution in [1.82, 2.24) is 10.2 Å². The number of likely N-dealkylation sites (N-methyl/N-ethyl adjacent to an activating group) is 1. The van der Waals surface area contributed by atoms with Crippen LogP contribution in [-0.2, 0) is 6.54 Å². The van der Waals surface area contributed by atoms with Gasteiger partial charge in [0.05, 0.1) is 7.11 Å². The van der Waals surface area contributed by atoms with E-state index in [0.717, 1.165) is 37.5 Å². The molecule has 0 bridgehead atoms. The second kappa shape index (κ2) is 9.40. The standard InChI is InChI=1S/C20H27FN2O/c1-4-23(5-2)20(17-8-12-19(24-3)13-9-17)15-22-14-16-6-10-18(21)11-7-16/h6-13,20,22H,4-5,14-15H2,1-3H3. The van der Waals surface area contributed by atoms with E-state index in [0.29, 0.717) is 6.04 Å². The van der Waals surface area contributed by atoms with Crippen molar-refractivity contribution in [2.45, 2.75) is 26.4 Å². The minimum absolute atomic E-state index is 0.196. The summed E-state index contributed by atoms with van der Waals surface area (Å²) in [5.41, 5.74) is 2.36. The Kier molecular flexibility index (Phi) is 7.22. The Hall–Kier alpha value is -1.91. The highest BCUT2D eigenvalue weighted by Crippen LogP contribution is 2.22. The summed E-state index contributed by atoms with van der Waals surface area (Å²) in [6.45, 7) is 7.91. The highest BCUT2D eigenvalue weighted by atomic mass is 19.1. The molecule has 0 aromatic heterocycles. The van der Waals surface area contributed by atoms with Gasteiger partial charge in [-0.2, -0.15) is 0 Å². The maximum absolute atomic E-state index is 13.0. The van der Waals surface area contributed by atoms with Gasteiger partial charge in [0.1, 0.15) is 11.6 Å². The Morgan fingerprint density at radius 1 is 1.00 bits per heavy atom. The lowest BCUT2D eigenvalue weighted by Crippen LogP contribution is -2.35. The number of halogens is 1. The number of hydrogen-bond acceptors (Lipinski definition) is 3. The van der Waals surface area contributed by atoms with Crippen LogP contribution in [0.25, 0.3) is 0 Å². The second-order valence-corrected chi connectivity index (χ2v) is 5.77. The summed E-state index contributed by atoms with van der Waals surface area (Å²) < 4.78 is 18.2. The minimum Gasteiger partial charge on any atom is -0.497 e. The number of benzene rings is 2. The predicted molar refractivity (Wildman–Crippen MR) is 96.8 cm³/mol. The maximum Gasteiger partial charge on any atom is 0.123 e. The highest BCUT2D eigenvalue weighted by Gasteiger charge is 2.17. The Labute approximate surface area is 144 Å². The van der Waals surface area contributed by atoms with Crippen molar-refractivity contribution < 1.29 is 9.13 Å². The third-order valence-corrected chi connectivity index (χ3v) is 4.33. The molecule has 1 N–H and O–H groups in total. The molecule has 0 fully saturated rings. The molecular formula is C20H27FN2O. The second-order valence-electron chi connectivity index (χ2n) is 5.77. The molecule has 130 valence electrons. The van der Waals surface area contributed by atoms with Gasteiger partial charge in [0.25, 0.3) is 0 Å². The summed E-state index contributed by atoms with van der Waals surface area (Å²) in [6, 6.07) is 15.2. The van der Waals surface area contributed by atoms with Gasteiger partial charge in [-0.05, 0) is 48.5 Å². The van der Waals surface area contributed by atoms with Crippen LogP contribution in [0.15, 0.2) is 48.5 Å². The zero-order chi connectivity index (χ0) is 17.4. The Morgan fingerprint density at radius 2 is 1.62 bits per heavy atom. The van der Waals surface area contributed by atoms with Crippen LogP contribution < -0.4 is 10.1 Å². The number of rotatable bonds is 9. The molecule has 0 radical (unpaired) electrons. The Bertz CT molecular complexity index is 594. The lowest BCUT2D eigenvalue weighted by Gasteiger charge is -2.30. The number of ether oxygens (including phenoxy) is 1. The first-order valence-electron chi connectivity index (χ1n) is 8.51. The molecule has 3 nitrogen and oxygen atoms in total. The molecule has 0 saturated carbocycles. The molecular weight excluding hydrogens is 303 g/mol. The van der Waals surface area contributed by atoms with Crippen molar-refractivity contribution in [3.05, 3.63) is 65.5 Å². The fourth-order valence-electron chi connectivity index (χ4n) is 2.90. The number of hydrogen-bond donors (Lipinski definition) is 1. The summed E-state index contributed by atoms with van der Waals surface area (Å²) in [4.78, 5) is 2.43. The average molecular weight is 330 g/mol. The van der Waals surface area contributed by atoms with E-state index in [2.05, 4.69) is 36.2 Å². The first-order chi connectivity index (χ1) is 11.7. The Balaban J connectivity index is 2.03. The lowest BCUT2D eigenvalue weighted by molar-refractivity contribution is 0.213. The topological polar surface area (TPSA) is 24.5 Å². The summed E-state index contributed by atoms with van der Waals surface area (Å²) in [7, 11) is 1.68. The predicted octanol–water partition coefficient (Wildman–Crippen LogP) is 4.01. The summed E-state index contributed by atoms with van der Waals surface area (Å²) >= 11 is 0. The molecule has 0 spiro atoms. The van der Waals surface area contributed by atoms with E-state index in [1.165, 1.54) is 17.7 Å². The van der Waals surface area contributed by atoms with Crippen LogP contribution in [-0.4, -0.2) is 31.6 Å². The van der Waals surface area contributed by atoms with Crippen molar-refractivity contribution in [2.75, 3.05) is 26.7 Å². The zero-order valence-electron chi connectivity index (χ0n) is 14.8. The van der Waals surface area contributed by atoms with E-state index in [1.54, 1.807) is 7.11 Å². The number of nitrogens with one attached hydrogen (secondary N) is 1. The van der Waals surface area contributed by atoms with Crippen molar-refractivity contribution in [2.24, 2.45) is 0 Å². The normalized spacial score (nSPS) is 12.4. The number of nitrogens with zero attached hydrogens (tertiary/aromatic N) is 1. The van der Waals surface area contributed by atoms with Gasteiger partial charge in [-0.15, -0.1) is 0 Å². The van der Waals surface area contributed by atoms with E-state index < -0.39 is 0 Å². The third kappa shape index (κ3) is 5.05. The van der Waals surface area contributed by atoms with E-state index in [1.807, 2.05) is 24.3 Å². The van der Waals surface area contributed by atoms with Crippen molar-refractivity contribution in [3.8, 4) is 5.75 Å². The zero-order valence-corrected chi connectivity index (χ0v) is 14.8. The van der Waals surface area contributed by atoms with Crippen LogP contribution in [0.5, 0.6) is 5.75 Å². The first-order valence-corrected chi connectivity index (χ1v) is 8.51. The molecule has 2 rings (SSSR count). The lowest BCUT2D eigenvalue weighted by atomic mass is 10.0. The van der Waals surface area contributed by atoms with Gasteiger partial charge in [-0.3, -0.25) is 4.90 Å². The van der Waals surface area contributed by atoms with Gasteiger partial charge in [0, 0.05) is 19.1 Å². The monoisotopic (exact) mass is 330 g/mol. The average Bonchev–Trinajstić information content (AvgIpc) is 2.63. The molecule has 0 aliphatic carbocycles. The van der Waals surface area contributed by atoms with E-state index >= 15 is 0 Å². The van der Waals surface area contributed by atoms with Gasteiger partial charge < -0.3 is 10.1 Å². The minimum atomic E-state index is -0.196. The molecule has 4 heteroatoms. The van der Waals surface area contributed by atoms with E-state index in [9.17, 15) is 4.39 Å². The van der Waals surface area contributed by atoms with Crippen LogP contribution >= 0.6 is 0 Å². The number of methoxy groups -OCH3 is 1. The van der Waals surface area contributed by atoms with Gasteiger partial charge in [0.15, 0.2) is 0 Å². The molecule has 24 heavy (non-hydrogen) atoms. The summed E-state index contributed by atoms with van der Waals surface area (Å²) in [5, 5.41) is 3.50. The van der Waals surface area contributed by atoms with Crippen molar-refractivity contribution >= 4 is 0 Å². The van der Waals surface area contributed by atoms with Crippen molar-refractivity contribution in [1.29, 1.82) is 0 Å². The molecule has 1 atom stereocenters. The quantitative estimate of drug-likeness (QED) is 0.752. The summed E-state index contributed by atoms with van der Waals surface area (Å²) in [6.07, 6.45) is 0. The largest absolute Gasteiger partial charge is 0.497 e. The van der Waals surface area contributed by atoms with E-state index in [-0.39, 0.29) is 5.82 Å². The SMILES string of the molecule is CCN(CC)C(CNCc1ccc(F)cc1)c1ccc(OC)cc1. The van der Waals surface area contributed by atoms with Crippen LogP contribution in [0, 0.1) is 5.82 Å². The fraction of sp³-hybridized carbons (Fsp3) is 0.400. The molecule has 0 amide bonds. The molecule has 2 aromatic rings. The molecule has 1 unspecified atom stereocenters. The van der Waals surface area contributed by atoms with Crippen LogP contribution in [0.4, 0.5) is 4.39 Å². The van der Waals surface area contributed by atoms with Crippen molar-refractivity contribution in [3.63, 3.8) is 0 Å². The molecule has 0 aliphatic rings. The molecule has 0 heterocycles. The third-order valence-electron chi connectivity index (χ3n) is 4.33. The van der Waals surface area contributed by atoms with E-state index in [4.69, 9.17) is 4.74 Å². The maximum atomic E-state index is 13.0.